The minimum absolute atomic E-state index is 0.153. The Hall–Kier alpha value is -2.27. The van der Waals surface area contributed by atoms with E-state index in [1.54, 1.807) is 12.2 Å². The maximum absolute atomic E-state index is 13.8. The number of rotatable bonds is 5. The van der Waals surface area contributed by atoms with Crippen LogP contribution < -0.4 is 10.6 Å². The molecule has 5 heteroatoms. The van der Waals surface area contributed by atoms with Crippen LogP contribution in [0.15, 0.2) is 30.3 Å². The number of halogens is 2. The third-order valence-corrected chi connectivity index (χ3v) is 4.05. The third kappa shape index (κ3) is 4.38. The summed E-state index contributed by atoms with van der Waals surface area (Å²) in [5.74, 6) is -1.35. The highest BCUT2D eigenvalue weighted by molar-refractivity contribution is 5.93. The van der Waals surface area contributed by atoms with Gasteiger partial charge in [-0.3, -0.25) is 4.79 Å². The second-order valence-corrected chi connectivity index (χ2v) is 6.22. The fourth-order valence-electron chi connectivity index (χ4n) is 2.85. The van der Waals surface area contributed by atoms with Crippen molar-refractivity contribution in [1.29, 1.82) is 0 Å². The predicted octanol–water partition coefficient (Wildman–Crippen LogP) is 3.15. The Balaban J connectivity index is 1.98. The summed E-state index contributed by atoms with van der Waals surface area (Å²) in [6.45, 7) is 7.86. The van der Waals surface area contributed by atoms with Crippen molar-refractivity contribution in [2.45, 2.75) is 33.7 Å². The number of hydrogen-bond acceptors (Lipinski definition) is 1. The third-order valence-electron chi connectivity index (χ3n) is 4.05. The van der Waals surface area contributed by atoms with E-state index in [1.807, 2.05) is 32.9 Å². The molecule has 2 aromatic rings. The Morgan fingerprint density at radius 1 is 1.12 bits per heavy atom. The van der Waals surface area contributed by atoms with E-state index in [-0.39, 0.29) is 18.5 Å². The van der Waals surface area contributed by atoms with Crippen LogP contribution in [-0.2, 0) is 4.79 Å². The number of carbonyl (C=O) groups is 1. The minimum Gasteiger partial charge on any atom is -0.332 e. The van der Waals surface area contributed by atoms with Crippen molar-refractivity contribution in [3.8, 4) is 0 Å². The second-order valence-electron chi connectivity index (χ2n) is 6.22. The van der Waals surface area contributed by atoms with Gasteiger partial charge in [0, 0.05) is 17.3 Å². The molecule has 0 saturated heterocycles. The molecule has 1 atom stereocenters. The number of anilines is 1. The molecule has 0 unspecified atom stereocenters. The van der Waals surface area contributed by atoms with Gasteiger partial charge in [-0.05, 0) is 51.0 Å². The first kappa shape index (κ1) is 18.1. The highest BCUT2D eigenvalue weighted by Gasteiger charge is 2.17. The maximum Gasteiger partial charge on any atom is 0.279 e. The minimum atomic E-state index is -0.605. The van der Waals surface area contributed by atoms with Gasteiger partial charge in [0.05, 0.1) is 0 Å². The summed E-state index contributed by atoms with van der Waals surface area (Å²) in [6, 6.07) is 7.25. The molecule has 3 N–H and O–H groups in total. The van der Waals surface area contributed by atoms with Crippen molar-refractivity contribution in [1.82, 2.24) is 0 Å². The SMILES string of the molecule is Cc1cc(C)c(NC(=O)C[NH2+][C@H](C)c2ccc(F)cc2F)c(C)c1. The average Bonchev–Trinajstić information content (AvgIpc) is 2.48. The van der Waals surface area contributed by atoms with Gasteiger partial charge in [0.1, 0.15) is 17.7 Å². The summed E-state index contributed by atoms with van der Waals surface area (Å²) in [4.78, 5) is 12.2. The normalized spacial score (nSPS) is 12.1. The standard InChI is InChI=1S/C19H22F2N2O/c1-11-7-12(2)19(13(3)8-11)23-18(24)10-22-14(4)16-6-5-15(20)9-17(16)21/h5-9,14,22H,10H2,1-4H3,(H,23,24)/p+1/t14-/m1/s1. The summed E-state index contributed by atoms with van der Waals surface area (Å²) in [5, 5.41) is 4.64. The Kier molecular flexibility index (Phi) is 5.67. The zero-order valence-corrected chi connectivity index (χ0v) is 14.4. The Bertz CT molecular complexity index is 736. The highest BCUT2D eigenvalue weighted by atomic mass is 19.1. The van der Waals surface area contributed by atoms with Gasteiger partial charge in [-0.25, -0.2) is 8.78 Å². The number of benzene rings is 2. The molecule has 0 bridgehead atoms. The molecular weight excluding hydrogens is 310 g/mol. The molecule has 24 heavy (non-hydrogen) atoms. The first-order valence-corrected chi connectivity index (χ1v) is 7.94. The number of amides is 1. The summed E-state index contributed by atoms with van der Waals surface area (Å²) >= 11 is 0. The average molecular weight is 333 g/mol. The van der Waals surface area contributed by atoms with E-state index in [2.05, 4.69) is 5.32 Å². The summed E-state index contributed by atoms with van der Waals surface area (Å²) in [5.41, 5.74) is 4.37. The van der Waals surface area contributed by atoms with Crippen LogP contribution in [-0.4, -0.2) is 12.5 Å². The lowest BCUT2D eigenvalue weighted by Crippen LogP contribution is -2.86. The molecule has 1 amide bonds. The fraction of sp³-hybridized carbons (Fsp3) is 0.316. The van der Waals surface area contributed by atoms with Crippen LogP contribution in [0.1, 0.15) is 35.2 Å². The van der Waals surface area contributed by atoms with Crippen molar-refractivity contribution in [2.24, 2.45) is 0 Å². The van der Waals surface area contributed by atoms with Crippen molar-refractivity contribution < 1.29 is 18.9 Å². The molecule has 0 heterocycles. The Labute approximate surface area is 141 Å². The van der Waals surface area contributed by atoms with Crippen LogP contribution in [0.2, 0.25) is 0 Å². The Morgan fingerprint density at radius 3 is 2.33 bits per heavy atom. The van der Waals surface area contributed by atoms with Crippen molar-refractivity contribution in [2.75, 3.05) is 11.9 Å². The van der Waals surface area contributed by atoms with Gasteiger partial charge < -0.3 is 10.6 Å². The molecule has 0 fully saturated rings. The summed E-state index contributed by atoms with van der Waals surface area (Å²) in [6.07, 6.45) is 0. The summed E-state index contributed by atoms with van der Waals surface area (Å²) < 4.78 is 26.7. The molecule has 0 spiro atoms. The highest BCUT2D eigenvalue weighted by Crippen LogP contribution is 2.21. The van der Waals surface area contributed by atoms with Gasteiger partial charge >= 0.3 is 0 Å². The van der Waals surface area contributed by atoms with E-state index in [9.17, 15) is 13.6 Å². The van der Waals surface area contributed by atoms with E-state index in [0.29, 0.717) is 5.56 Å². The molecule has 3 nitrogen and oxygen atoms in total. The molecule has 2 aromatic carbocycles. The topological polar surface area (TPSA) is 45.7 Å². The van der Waals surface area contributed by atoms with E-state index in [4.69, 9.17) is 0 Å². The fourth-order valence-corrected chi connectivity index (χ4v) is 2.85. The number of nitrogens with two attached hydrogens (primary N) is 1. The second kappa shape index (κ2) is 7.53. The largest absolute Gasteiger partial charge is 0.332 e. The monoisotopic (exact) mass is 333 g/mol. The maximum atomic E-state index is 13.8. The quantitative estimate of drug-likeness (QED) is 0.867. The molecule has 0 saturated carbocycles. The number of quaternary nitrogens is 1. The van der Waals surface area contributed by atoms with Gasteiger partial charge in [-0.1, -0.05) is 17.7 Å². The van der Waals surface area contributed by atoms with Crippen molar-refractivity contribution in [3.05, 3.63) is 64.2 Å². The molecule has 2 rings (SSSR count). The van der Waals surface area contributed by atoms with Gasteiger partial charge in [0.25, 0.3) is 5.91 Å². The Morgan fingerprint density at radius 2 is 1.75 bits per heavy atom. The molecular formula is C19H23F2N2O+. The van der Waals surface area contributed by atoms with Crippen LogP contribution in [0.3, 0.4) is 0 Å². The van der Waals surface area contributed by atoms with Crippen molar-refractivity contribution >= 4 is 11.6 Å². The zero-order valence-electron chi connectivity index (χ0n) is 14.4. The molecule has 0 aliphatic heterocycles. The first-order valence-electron chi connectivity index (χ1n) is 7.94. The molecule has 0 aliphatic rings. The van der Waals surface area contributed by atoms with E-state index in [1.165, 1.54) is 12.1 Å². The first-order chi connectivity index (χ1) is 11.3. The lowest BCUT2D eigenvalue weighted by molar-refractivity contribution is -0.682. The van der Waals surface area contributed by atoms with Gasteiger partial charge in [-0.2, -0.15) is 0 Å². The predicted molar refractivity (Wildman–Crippen MR) is 90.8 cm³/mol. The molecule has 0 aromatic heterocycles. The van der Waals surface area contributed by atoms with E-state index >= 15 is 0 Å². The lowest BCUT2D eigenvalue weighted by Gasteiger charge is -2.14. The smallest absolute Gasteiger partial charge is 0.279 e. The number of aryl methyl sites for hydroxylation is 3. The summed E-state index contributed by atoms with van der Waals surface area (Å²) in [7, 11) is 0. The molecule has 0 radical (unpaired) electrons. The molecule has 0 aliphatic carbocycles. The van der Waals surface area contributed by atoms with Crippen molar-refractivity contribution in [3.63, 3.8) is 0 Å². The zero-order chi connectivity index (χ0) is 17.9. The molecule has 128 valence electrons. The van der Waals surface area contributed by atoms with Crippen LogP contribution in [0.5, 0.6) is 0 Å². The van der Waals surface area contributed by atoms with Crippen LogP contribution in [0.25, 0.3) is 0 Å². The van der Waals surface area contributed by atoms with Gasteiger partial charge in [0.2, 0.25) is 0 Å². The van der Waals surface area contributed by atoms with E-state index < -0.39 is 11.6 Å². The van der Waals surface area contributed by atoms with Gasteiger partial charge in [0.15, 0.2) is 6.54 Å². The number of carbonyl (C=O) groups excluding carboxylic acids is 1. The van der Waals surface area contributed by atoms with Crippen LogP contribution in [0, 0.1) is 32.4 Å². The van der Waals surface area contributed by atoms with Crippen LogP contribution >= 0.6 is 0 Å². The van der Waals surface area contributed by atoms with Crippen LogP contribution in [0.4, 0.5) is 14.5 Å². The number of nitrogens with one attached hydrogen (secondary N) is 1. The lowest BCUT2D eigenvalue weighted by atomic mass is 10.1. The van der Waals surface area contributed by atoms with E-state index in [0.717, 1.165) is 28.4 Å². The number of hydrogen-bond donors (Lipinski definition) is 2. The van der Waals surface area contributed by atoms with Gasteiger partial charge in [-0.15, -0.1) is 0 Å².